The van der Waals surface area contributed by atoms with Gasteiger partial charge in [-0.1, -0.05) is 0 Å². The molecule has 0 radical (unpaired) electrons. The molecule has 0 amide bonds. The molecule has 2 fully saturated rings. The number of nitrogens with zero attached hydrogens (tertiary/aromatic N) is 3. The van der Waals surface area contributed by atoms with Crippen molar-refractivity contribution in [1.82, 2.24) is 20.4 Å². The van der Waals surface area contributed by atoms with E-state index in [0.29, 0.717) is 19.6 Å². The van der Waals surface area contributed by atoms with E-state index in [1.165, 1.54) is 0 Å². The Bertz CT molecular complexity index is 510. The fourth-order valence-electron chi connectivity index (χ4n) is 3.96. The Kier molecular flexibility index (Phi) is 9.15. The monoisotopic (exact) mass is 413 g/mol. The van der Waals surface area contributed by atoms with Gasteiger partial charge in [-0.05, 0) is 41.5 Å². The number of nitrogens with one attached hydrogen (secondary N) is 2. The van der Waals surface area contributed by atoms with Crippen LogP contribution >= 0.6 is 0 Å². The van der Waals surface area contributed by atoms with Crippen molar-refractivity contribution >= 4 is 5.96 Å². The topological polar surface area (TPSA) is 81.6 Å². The van der Waals surface area contributed by atoms with Gasteiger partial charge in [0, 0.05) is 51.4 Å². The SMILES string of the molecule is CCNC(=NCC(C)(C)N1CC(C)OC(C)C1)NCC(C)(O)CN1CCOCC1. The fraction of sp³-hybridized carbons (Fsp3) is 0.952. The molecule has 170 valence electrons. The van der Waals surface area contributed by atoms with Crippen LogP contribution < -0.4 is 10.6 Å². The maximum atomic E-state index is 10.8. The molecule has 3 atom stereocenters. The molecule has 2 aliphatic heterocycles. The van der Waals surface area contributed by atoms with E-state index >= 15 is 0 Å². The van der Waals surface area contributed by atoms with Gasteiger partial charge in [0.25, 0.3) is 0 Å². The van der Waals surface area contributed by atoms with E-state index in [4.69, 9.17) is 14.5 Å². The van der Waals surface area contributed by atoms with E-state index in [-0.39, 0.29) is 17.7 Å². The van der Waals surface area contributed by atoms with Crippen LogP contribution in [0.1, 0.15) is 41.5 Å². The van der Waals surface area contributed by atoms with Gasteiger partial charge < -0.3 is 25.2 Å². The molecule has 2 heterocycles. The van der Waals surface area contributed by atoms with Crippen molar-refractivity contribution < 1.29 is 14.6 Å². The molecule has 0 bridgehead atoms. The normalized spacial score (nSPS) is 27.5. The standard InChI is InChI=1S/C21H43N5O3/c1-7-22-19(24-15-21(6,27)16-25-8-10-28-11-9-25)23-14-20(4,5)26-12-17(2)29-18(3)13-26/h17-18,27H,7-16H2,1-6H3,(H2,22,23,24). The first kappa shape index (κ1) is 24.3. The summed E-state index contributed by atoms with van der Waals surface area (Å²) in [6.07, 6.45) is 0.479. The Morgan fingerprint density at radius 2 is 1.72 bits per heavy atom. The first-order valence-electron chi connectivity index (χ1n) is 11.1. The Labute approximate surface area is 177 Å². The summed E-state index contributed by atoms with van der Waals surface area (Å²) in [6, 6.07) is 0. The molecule has 0 aliphatic carbocycles. The van der Waals surface area contributed by atoms with Gasteiger partial charge in [-0.3, -0.25) is 14.8 Å². The highest BCUT2D eigenvalue weighted by molar-refractivity contribution is 5.79. The summed E-state index contributed by atoms with van der Waals surface area (Å²) < 4.78 is 11.3. The molecular weight excluding hydrogens is 370 g/mol. The van der Waals surface area contributed by atoms with Crippen LogP contribution in [0.15, 0.2) is 4.99 Å². The van der Waals surface area contributed by atoms with E-state index in [2.05, 4.69) is 55.1 Å². The summed E-state index contributed by atoms with van der Waals surface area (Å²) in [5.41, 5.74) is -0.900. The first-order valence-corrected chi connectivity index (χ1v) is 11.1. The van der Waals surface area contributed by atoms with Crippen LogP contribution in [-0.2, 0) is 9.47 Å². The number of aliphatic hydroxyl groups is 1. The molecule has 0 spiro atoms. The molecule has 0 aromatic rings. The van der Waals surface area contributed by atoms with Gasteiger partial charge in [0.1, 0.15) is 0 Å². The molecule has 0 aromatic carbocycles. The average Bonchev–Trinajstić information content (AvgIpc) is 2.64. The Morgan fingerprint density at radius 1 is 1.10 bits per heavy atom. The number of ether oxygens (including phenoxy) is 2. The van der Waals surface area contributed by atoms with E-state index in [1.807, 2.05) is 6.92 Å². The van der Waals surface area contributed by atoms with Gasteiger partial charge in [-0.25, -0.2) is 0 Å². The third kappa shape index (κ3) is 8.38. The molecule has 0 saturated carbocycles. The highest BCUT2D eigenvalue weighted by Crippen LogP contribution is 2.21. The van der Waals surface area contributed by atoms with E-state index in [0.717, 1.165) is 51.9 Å². The predicted octanol–water partition coefficient (Wildman–Crippen LogP) is 0.513. The molecule has 2 rings (SSSR count). The zero-order valence-corrected chi connectivity index (χ0v) is 19.3. The van der Waals surface area contributed by atoms with Crippen LogP contribution in [0.4, 0.5) is 0 Å². The number of hydrogen-bond donors (Lipinski definition) is 3. The van der Waals surface area contributed by atoms with Gasteiger partial charge in [0.15, 0.2) is 5.96 Å². The van der Waals surface area contributed by atoms with Crippen LogP contribution in [0.3, 0.4) is 0 Å². The van der Waals surface area contributed by atoms with E-state index in [1.54, 1.807) is 0 Å². The van der Waals surface area contributed by atoms with Crippen molar-refractivity contribution in [3.8, 4) is 0 Å². The summed E-state index contributed by atoms with van der Waals surface area (Å²) in [5, 5.41) is 17.5. The molecule has 0 aromatic heterocycles. The number of rotatable bonds is 8. The second kappa shape index (κ2) is 10.9. The van der Waals surface area contributed by atoms with Gasteiger partial charge in [-0.15, -0.1) is 0 Å². The number of hydrogen-bond acceptors (Lipinski definition) is 6. The lowest BCUT2D eigenvalue weighted by molar-refractivity contribution is -0.0939. The third-order valence-corrected chi connectivity index (χ3v) is 5.55. The molecule has 3 N–H and O–H groups in total. The Hall–Kier alpha value is -0.930. The fourth-order valence-corrected chi connectivity index (χ4v) is 3.96. The minimum atomic E-state index is -0.835. The van der Waals surface area contributed by atoms with Crippen molar-refractivity contribution in [2.45, 2.75) is 64.9 Å². The third-order valence-electron chi connectivity index (χ3n) is 5.55. The minimum absolute atomic E-state index is 0.0645. The maximum absolute atomic E-state index is 10.8. The molecular formula is C21H43N5O3. The van der Waals surface area contributed by atoms with Crippen LogP contribution in [0, 0.1) is 0 Å². The van der Waals surface area contributed by atoms with Gasteiger partial charge >= 0.3 is 0 Å². The summed E-state index contributed by atoms with van der Waals surface area (Å²) in [7, 11) is 0. The second-order valence-electron chi connectivity index (χ2n) is 9.41. The molecule has 29 heavy (non-hydrogen) atoms. The van der Waals surface area contributed by atoms with Gasteiger partial charge in [-0.2, -0.15) is 0 Å². The molecule has 8 heteroatoms. The van der Waals surface area contributed by atoms with Crippen LogP contribution in [0.5, 0.6) is 0 Å². The molecule has 8 nitrogen and oxygen atoms in total. The largest absolute Gasteiger partial charge is 0.387 e. The molecule has 3 unspecified atom stereocenters. The maximum Gasteiger partial charge on any atom is 0.191 e. The summed E-state index contributed by atoms with van der Waals surface area (Å²) in [4.78, 5) is 9.54. The predicted molar refractivity (Wildman–Crippen MR) is 118 cm³/mol. The number of morpholine rings is 2. The molecule has 2 saturated heterocycles. The lowest BCUT2D eigenvalue weighted by Crippen LogP contribution is -2.56. The Balaban J connectivity index is 1.90. The van der Waals surface area contributed by atoms with E-state index in [9.17, 15) is 5.11 Å². The number of guanidine groups is 1. The highest BCUT2D eigenvalue weighted by atomic mass is 16.5. The summed E-state index contributed by atoms with van der Waals surface area (Å²) >= 11 is 0. The lowest BCUT2D eigenvalue weighted by Gasteiger charge is -2.44. The summed E-state index contributed by atoms with van der Waals surface area (Å²) in [6.45, 7) is 20.2. The zero-order chi connectivity index (χ0) is 21.5. The van der Waals surface area contributed by atoms with Gasteiger partial charge in [0.2, 0.25) is 0 Å². The van der Waals surface area contributed by atoms with Crippen molar-refractivity contribution in [1.29, 1.82) is 0 Å². The van der Waals surface area contributed by atoms with Crippen LogP contribution in [0.2, 0.25) is 0 Å². The first-order chi connectivity index (χ1) is 13.6. The highest BCUT2D eigenvalue weighted by Gasteiger charge is 2.33. The second-order valence-corrected chi connectivity index (χ2v) is 9.41. The summed E-state index contributed by atoms with van der Waals surface area (Å²) in [5.74, 6) is 0.747. The quantitative estimate of drug-likeness (QED) is 0.395. The van der Waals surface area contributed by atoms with Crippen molar-refractivity contribution in [2.24, 2.45) is 4.99 Å². The van der Waals surface area contributed by atoms with Crippen molar-refractivity contribution in [3.63, 3.8) is 0 Å². The molecule has 2 aliphatic rings. The van der Waals surface area contributed by atoms with Crippen molar-refractivity contribution in [3.05, 3.63) is 0 Å². The smallest absolute Gasteiger partial charge is 0.191 e. The average molecular weight is 414 g/mol. The minimum Gasteiger partial charge on any atom is -0.387 e. The zero-order valence-electron chi connectivity index (χ0n) is 19.3. The van der Waals surface area contributed by atoms with Gasteiger partial charge in [0.05, 0.1) is 37.6 Å². The lowest BCUT2D eigenvalue weighted by atomic mass is 10.0. The van der Waals surface area contributed by atoms with E-state index < -0.39 is 5.60 Å². The van der Waals surface area contributed by atoms with Crippen LogP contribution in [0.25, 0.3) is 0 Å². The number of aliphatic imine (C=N–C) groups is 1. The number of β-amino-alcohol motifs (C(OH)–C–C–N with tert-alkyl or cyclic N) is 1. The van der Waals surface area contributed by atoms with Crippen molar-refractivity contribution in [2.75, 3.05) is 65.6 Å². The van der Waals surface area contributed by atoms with Crippen LogP contribution in [-0.4, -0.2) is 110 Å². The Morgan fingerprint density at radius 3 is 2.31 bits per heavy atom.